The summed E-state index contributed by atoms with van der Waals surface area (Å²) in [6.45, 7) is 2.14. The Bertz CT molecular complexity index is 534. The lowest BCUT2D eigenvalue weighted by Crippen LogP contribution is -2.49. The van der Waals surface area contributed by atoms with E-state index >= 15 is 0 Å². The minimum atomic E-state index is -1.74. The molecular weight excluding hydrogens is 413 g/mol. The number of alkyl halides is 3. The van der Waals surface area contributed by atoms with Crippen molar-refractivity contribution >= 4 is 69.6 Å². The highest BCUT2D eigenvalue weighted by Crippen LogP contribution is 2.33. The van der Waals surface area contributed by atoms with E-state index in [9.17, 15) is 4.79 Å². The molecule has 2 N–H and O–H groups in total. The molecule has 0 unspecified atom stereocenters. The Kier molecular flexibility index (Phi) is 9.91. The van der Waals surface area contributed by atoms with Gasteiger partial charge in [-0.25, -0.2) is 0 Å². The van der Waals surface area contributed by atoms with Crippen LogP contribution in [0.3, 0.4) is 0 Å². The van der Waals surface area contributed by atoms with Gasteiger partial charge in [0.25, 0.3) is 0 Å². The molecule has 0 aliphatic carbocycles. The molecular formula is C16H21Cl5N2O. The summed E-state index contributed by atoms with van der Waals surface area (Å²) in [7, 11) is 0. The summed E-state index contributed by atoms with van der Waals surface area (Å²) in [6, 6.07) is 4.88. The molecule has 8 heteroatoms. The number of hydrogen-bond donors (Lipinski definition) is 2. The molecule has 0 aliphatic rings. The zero-order valence-corrected chi connectivity index (χ0v) is 17.1. The van der Waals surface area contributed by atoms with Gasteiger partial charge in [-0.05, 0) is 24.6 Å². The fraction of sp³-hybridized carbons (Fsp3) is 0.562. The van der Waals surface area contributed by atoms with E-state index < -0.39 is 9.96 Å². The smallest absolute Gasteiger partial charge is 0.228 e. The highest BCUT2D eigenvalue weighted by molar-refractivity contribution is 6.68. The van der Waals surface area contributed by atoms with E-state index in [2.05, 4.69) is 17.6 Å². The van der Waals surface area contributed by atoms with Crippen molar-refractivity contribution in [1.82, 2.24) is 5.32 Å². The van der Waals surface area contributed by atoms with Crippen LogP contribution in [0.15, 0.2) is 18.2 Å². The lowest BCUT2D eigenvalue weighted by Gasteiger charge is -2.28. The molecule has 0 saturated carbocycles. The fourth-order valence-electron chi connectivity index (χ4n) is 2.08. The first kappa shape index (κ1) is 22.0. The second-order valence-corrected chi connectivity index (χ2v) is 8.69. The van der Waals surface area contributed by atoms with Gasteiger partial charge >= 0.3 is 0 Å². The van der Waals surface area contributed by atoms with Crippen LogP contribution in [0.2, 0.25) is 10.0 Å². The third kappa shape index (κ3) is 8.35. The first-order valence-corrected chi connectivity index (χ1v) is 9.70. The van der Waals surface area contributed by atoms with Crippen LogP contribution in [0.4, 0.5) is 5.69 Å². The summed E-state index contributed by atoms with van der Waals surface area (Å²) >= 11 is 29.9. The van der Waals surface area contributed by atoms with Crippen LogP contribution in [-0.4, -0.2) is 15.9 Å². The average Bonchev–Trinajstić information content (AvgIpc) is 2.48. The van der Waals surface area contributed by atoms with Gasteiger partial charge in [0.15, 0.2) is 0 Å². The minimum Gasteiger partial charge on any atom is -0.361 e. The zero-order valence-electron chi connectivity index (χ0n) is 13.4. The second-order valence-electron chi connectivity index (χ2n) is 5.47. The molecule has 1 atom stereocenters. The van der Waals surface area contributed by atoms with E-state index in [4.69, 9.17) is 58.0 Å². The number of amides is 1. The largest absolute Gasteiger partial charge is 0.361 e. The van der Waals surface area contributed by atoms with Gasteiger partial charge in [-0.3, -0.25) is 4.79 Å². The fourth-order valence-corrected chi connectivity index (χ4v) is 2.87. The van der Waals surface area contributed by atoms with E-state index in [1.54, 1.807) is 18.2 Å². The van der Waals surface area contributed by atoms with E-state index in [1.807, 2.05) is 0 Å². The molecule has 0 aromatic heterocycles. The zero-order chi connectivity index (χ0) is 18.2. The van der Waals surface area contributed by atoms with Crippen molar-refractivity contribution < 1.29 is 4.79 Å². The van der Waals surface area contributed by atoms with Crippen LogP contribution in [0, 0.1) is 0 Å². The molecule has 1 aromatic rings. The molecule has 0 radical (unpaired) electrons. The number of rotatable bonds is 9. The number of carbonyl (C=O) groups is 1. The SMILES string of the molecule is CCCCCCCC(=O)N[C@@H](Nc1ccc(Cl)cc1Cl)C(Cl)(Cl)Cl. The minimum absolute atomic E-state index is 0.180. The summed E-state index contributed by atoms with van der Waals surface area (Å²) in [5.41, 5.74) is 0.514. The summed E-state index contributed by atoms with van der Waals surface area (Å²) in [5.74, 6) is -0.180. The Morgan fingerprint density at radius 2 is 1.79 bits per heavy atom. The Balaban J connectivity index is 2.61. The maximum absolute atomic E-state index is 12.1. The summed E-state index contributed by atoms with van der Waals surface area (Å²) in [4.78, 5) is 12.1. The highest BCUT2D eigenvalue weighted by Gasteiger charge is 2.34. The van der Waals surface area contributed by atoms with Crippen molar-refractivity contribution in [2.24, 2.45) is 0 Å². The van der Waals surface area contributed by atoms with Crippen LogP contribution in [0.25, 0.3) is 0 Å². The van der Waals surface area contributed by atoms with Gasteiger partial charge in [0.05, 0.1) is 10.7 Å². The number of benzene rings is 1. The van der Waals surface area contributed by atoms with E-state index in [-0.39, 0.29) is 5.91 Å². The van der Waals surface area contributed by atoms with Gasteiger partial charge in [0, 0.05) is 11.4 Å². The lowest BCUT2D eigenvalue weighted by atomic mass is 10.1. The van der Waals surface area contributed by atoms with Crippen LogP contribution >= 0.6 is 58.0 Å². The molecule has 1 rings (SSSR count). The van der Waals surface area contributed by atoms with E-state index in [1.165, 1.54) is 6.42 Å². The van der Waals surface area contributed by atoms with Gasteiger partial charge in [0.2, 0.25) is 9.70 Å². The summed E-state index contributed by atoms with van der Waals surface area (Å²) in [6.07, 6.45) is 4.75. The molecule has 3 nitrogen and oxygen atoms in total. The van der Waals surface area contributed by atoms with Gasteiger partial charge in [-0.1, -0.05) is 90.6 Å². The number of halogens is 5. The molecule has 0 spiro atoms. The van der Waals surface area contributed by atoms with Gasteiger partial charge < -0.3 is 10.6 Å². The molecule has 0 aliphatic heterocycles. The van der Waals surface area contributed by atoms with Crippen molar-refractivity contribution in [3.63, 3.8) is 0 Å². The van der Waals surface area contributed by atoms with Crippen molar-refractivity contribution in [3.8, 4) is 0 Å². The van der Waals surface area contributed by atoms with Gasteiger partial charge in [0.1, 0.15) is 6.17 Å². The second kappa shape index (κ2) is 10.8. The first-order valence-electron chi connectivity index (χ1n) is 7.81. The normalized spacial score (nSPS) is 12.8. The topological polar surface area (TPSA) is 41.1 Å². The monoisotopic (exact) mass is 432 g/mol. The standard InChI is InChI=1S/C16H21Cl5N2O/c1-2-3-4-5-6-7-14(24)23-15(16(19,20)21)22-13-9-8-11(17)10-12(13)18/h8-10,15,22H,2-7H2,1H3,(H,23,24)/t15-/m1/s1. The van der Waals surface area contributed by atoms with Gasteiger partial charge in [-0.15, -0.1) is 0 Å². The molecule has 24 heavy (non-hydrogen) atoms. The molecule has 0 saturated heterocycles. The molecule has 0 bridgehead atoms. The lowest BCUT2D eigenvalue weighted by molar-refractivity contribution is -0.121. The quantitative estimate of drug-likeness (QED) is 0.262. The van der Waals surface area contributed by atoms with E-state index in [0.29, 0.717) is 22.2 Å². The number of carbonyl (C=O) groups excluding carboxylic acids is 1. The Morgan fingerprint density at radius 1 is 1.12 bits per heavy atom. The number of nitrogens with one attached hydrogen (secondary N) is 2. The molecule has 1 amide bonds. The number of unbranched alkanes of at least 4 members (excludes halogenated alkanes) is 4. The predicted molar refractivity (Wildman–Crippen MR) is 106 cm³/mol. The Hall–Kier alpha value is -0.0600. The van der Waals surface area contributed by atoms with Crippen LogP contribution in [0.5, 0.6) is 0 Å². The van der Waals surface area contributed by atoms with E-state index in [0.717, 1.165) is 25.7 Å². The van der Waals surface area contributed by atoms with Crippen LogP contribution in [-0.2, 0) is 4.79 Å². The Labute approximate surface area is 168 Å². The number of hydrogen-bond acceptors (Lipinski definition) is 2. The highest BCUT2D eigenvalue weighted by atomic mass is 35.6. The average molecular weight is 435 g/mol. The molecule has 0 heterocycles. The maximum Gasteiger partial charge on any atom is 0.228 e. The van der Waals surface area contributed by atoms with Crippen molar-refractivity contribution in [2.75, 3.05) is 5.32 Å². The Morgan fingerprint density at radius 3 is 2.38 bits per heavy atom. The predicted octanol–water partition coefficient (Wildman–Crippen LogP) is 6.58. The maximum atomic E-state index is 12.1. The first-order chi connectivity index (χ1) is 11.2. The van der Waals surface area contributed by atoms with Crippen molar-refractivity contribution in [1.29, 1.82) is 0 Å². The molecule has 1 aromatic carbocycles. The molecule has 136 valence electrons. The van der Waals surface area contributed by atoms with Crippen LogP contribution in [0.1, 0.15) is 45.4 Å². The molecule has 0 fully saturated rings. The summed E-state index contributed by atoms with van der Waals surface area (Å²) < 4.78 is -1.74. The van der Waals surface area contributed by atoms with Crippen molar-refractivity contribution in [2.45, 2.75) is 55.4 Å². The van der Waals surface area contributed by atoms with Gasteiger partial charge in [-0.2, -0.15) is 0 Å². The summed E-state index contributed by atoms with van der Waals surface area (Å²) in [5, 5.41) is 6.50. The third-order valence-electron chi connectivity index (χ3n) is 3.37. The van der Waals surface area contributed by atoms with Crippen LogP contribution < -0.4 is 10.6 Å². The third-order valence-corrected chi connectivity index (χ3v) is 4.57. The number of anilines is 1. The van der Waals surface area contributed by atoms with Crippen molar-refractivity contribution in [3.05, 3.63) is 28.2 Å².